The normalized spacial score (nSPS) is 12.2. The maximum Gasteiger partial charge on any atom is 0.314 e. The number of hydrogen-bond acceptors (Lipinski definition) is 7. The molecule has 140 valence electrons. The zero-order valence-corrected chi connectivity index (χ0v) is 13.8. The van der Waals surface area contributed by atoms with Gasteiger partial charge in [-0.25, -0.2) is 4.98 Å². The number of nitrogens with one attached hydrogen (secondary N) is 2. The fourth-order valence-corrected chi connectivity index (χ4v) is 2.63. The Labute approximate surface area is 150 Å². The number of aromatic nitrogens is 4. The monoisotopic (exact) mass is 373 g/mol. The number of imidazole rings is 1. The van der Waals surface area contributed by atoms with Crippen LogP contribution in [0.2, 0.25) is 0 Å². The molecular formula is C15H15N7O5. The van der Waals surface area contributed by atoms with Crippen LogP contribution in [0.25, 0.3) is 11.0 Å². The summed E-state index contributed by atoms with van der Waals surface area (Å²) in [6, 6.07) is 1.58. The smallest absolute Gasteiger partial charge is 0.314 e. The van der Waals surface area contributed by atoms with Gasteiger partial charge in [-0.15, -0.1) is 0 Å². The Morgan fingerprint density at radius 3 is 2.67 bits per heavy atom. The van der Waals surface area contributed by atoms with E-state index in [1.165, 1.54) is 18.5 Å². The van der Waals surface area contributed by atoms with Gasteiger partial charge in [-0.3, -0.25) is 24.5 Å². The lowest BCUT2D eigenvalue weighted by molar-refractivity contribution is -0.384. The summed E-state index contributed by atoms with van der Waals surface area (Å²) in [7, 11) is 0. The van der Waals surface area contributed by atoms with Crippen molar-refractivity contribution in [1.29, 1.82) is 0 Å². The number of nitro benzene ring substituents is 1. The van der Waals surface area contributed by atoms with Crippen molar-refractivity contribution in [2.45, 2.75) is 19.0 Å². The van der Waals surface area contributed by atoms with Crippen molar-refractivity contribution in [1.82, 2.24) is 19.5 Å². The number of amides is 1. The summed E-state index contributed by atoms with van der Waals surface area (Å²) >= 11 is 0. The van der Waals surface area contributed by atoms with Crippen LogP contribution in [0, 0.1) is 10.1 Å². The fraction of sp³-hybridized carbons (Fsp3) is 0.200. The first-order valence-electron chi connectivity index (χ1n) is 7.73. The lowest BCUT2D eigenvalue weighted by Gasteiger charge is -2.07. The van der Waals surface area contributed by atoms with Crippen LogP contribution in [0.15, 0.2) is 34.2 Å². The number of carbonyl (C=O) groups excluding carboxylic acids is 1. The maximum atomic E-state index is 11.6. The zero-order chi connectivity index (χ0) is 19.7. The standard InChI is InChI=1S/C15H15N7O5/c16-10(13(17)23)2-8-5-21(6-18-8)4-7-1-9(22(26)27)3-11-12(7)20-15(25)14(24)19-11/h1,3,5-6,10H,2,4,16H2,(H2,17,23)(H,19,24)(H,20,25)/t10-/m0/s1. The maximum absolute atomic E-state index is 11.6. The zero-order valence-electron chi connectivity index (χ0n) is 13.8. The molecule has 12 heteroatoms. The number of benzene rings is 1. The summed E-state index contributed by atoms with van der Waals surface area (Å²) in [6.45, 7) is 0.124. The van der Waals surface area contributed by atoms with E-state index in [1.54, 1.807) is 10.8 Å². The van der Waals surface area contributed by atoms with E-state index in [9.17, 15) is 24.5 Å². The third-order valence-electron chi connectivity index (χ3n) is 3.94. The van der Waals surface area contributed by atoms with Gasteiger partial charge in [0.25, 0.3) is 5.69 Å². The SMILES string of the molecule is NC(=O)[C@@H](N)Cc1cn(Cc2cc([N+](=O)[O-])cc3[nH]c(=O)c(=O)[nH]c23)cn1. The summed E-state index contributed by atoms with van der Waals surface area (Å²) in [4.78, 5) is 53.6. The minimum absolute atomic E-state index is 0.124. The molecule has 0 fully saturated rings. The number of non-ortho nitro benzene ring substituents is 1. The molecule has 1 aromatic carbocycles. The molecule has 27 heavy (non-hydrogen) atoms. The Morgan fingerprint density at radius 1 is 1.30 bits per heavy atom. The third kappa shape index (κ3) is 3.74. The van der Waals surface area contributed by atoms with E-state index in [2.05, 4.69) is 15.0 Å². The number of carbonyl (C=O) groups is 1. The first kappa shape index (κ1) is 18.0. The molecule has 6 N–H and O–H groups in total. The summed E-state index contributed by atoms with van der Waals surface area (Å²) in [5.41, 5.74) is 10.0. The largest absolute Gasteiger partial charge is 0.368 e. The molecule has 3 aromatic rings. The number of primary amides is 1. The van der Waals surface area contributed by atoms with E-state index in [0.29, 0.717) is 11.3 Å². The molecule has 0 aliphatic rings. The van der Waals surface area contributed by atoms with Crippen LogP contribution in [0.1, 0.15) is 11.3 Å². The highest BCUT2D eigenvalue weighted by Crippen LogP contribution is 2.22. The van der Waals surface area contributed by atoms with Crippen LogP contribution in [-0.4, -0.2) is 36.4 Å². The van der Waals surface area contributed by atoms with E-state index in [0.717, 1.165) is 0 Å². The second kappa shape index (κ2) is 6.84. The fourth-order valence-electron chi connectivity index (χ4n) is 2.63. The van der Waals surface area contributed by atoms with Crippen LogP contribution < -0.4 is 22.6 Å². The van der Waals surface area contributed by atoms with Gasteiger partial charge in [0.15, 0.2) is 0 Å². The van der Waals surface area contributed by atoms with Gasteiger partial charge in [0, 0.05) is 30.3 Å². The first-order chi connectivity index (χ1) is 12.7. The average Bonchev–Trinajstić information content (AvgIpc) is 3.03. The number of nitrogens with zero attached hydrogens (tertiary/aromatic N) is 3. The molecule has 0 saturated carbocycles. The van der Waals surface area contributed by atoms with Crippen LogP contribution >= 0.6 is 0 Å². The highest BCUT2D eigenvalue weighted by molar-refractivity contribution is 5.80. The molecule has 0 aliphatic carbocycles. The summed E-state index contributed by atoms with van der Waals surface area (Å²) in [5.74, 6) is -0.657. The van der Waals surface area contributed by atoms with Crippen molar-refractivity contribution in [3.8, 4) is 0 Å². The number of fused-ring (bicyclic) bond motifs is 1. The van der Waals surface area contributed by atoms with E-state index >= 15 is 0 Å². The first-order valence-corrected chi connectivity index (χ1v) is 7.73. The Balaban J connectivity index is 2.01. The molecule has 0 aliphatic heterocycles. The van der Waals surface area contributed by atoms with Crippen molar-refractivity contribution >= 4 is 22.6 Å². The summed E-state index contributed by atoms with van der Waals surface area (Å²) in [6.07, 6.45) is 3.21. The number of nitrogens with two attached hydrogens (primary N) is 2. The van der Waals surface area contributed by atoms with Crippen molar-refractivity contribution in [3.63, 3.8) is 0 Å². The molecule has 1 amide bonds. The van der Waals surface area contributed by atoms with Gasteiger partial charge in [-0.2, -0.15) is 0 Å². The third-order valence-corrected chi connectivity index (χ3v) is 3.94. The van der Waals surface area contributed by atoms with E-state index in [-0.39, 0.29) is 29.7 Å². The lowest BCUT2D eigenvalue weighted by Crippen LogP contribution is -2.38. The number of rotatable bonds is 6. The van der Waals surface area contributed by atoms with Crippen LogP contribution in [0.3, 0.4) is 0 Å². The molecular weight excluding hydrogens is 358 g/mol. The Morgan fingerprint density at radius 2 is 2.00 bits per heavy atom. The predicted octanol–water partition coefficient (Wildman–Crippen LogP) is -1.28. The van der Waals surface area contributed by atoms with Crippen LogP contribution in [0.4, 0.5) is 5.69 Å². The molecule has 0 saturated heterocycles. The average molecular weight is 373 g/mol. The molecule has 2 heterocycles. The summed E-state index contributed by atoms with van der Waals surface area (Å²) in [5, 5.41) is 11.2. The molecule has 0 spiro atoms. The van der Waals surface area contributed by atoms with Gasteiger partial charge < -0.3 is 26.0 Å². The molecule has 12 nitrogen and oxygen atoms in total. The van der Waals surface area contributed by atoms with Gasteiger partial charge in [0.2, 0.25) is 5.91 Å². The van der Waals surface area contributed by atoms with Crippen molar-refractivity contribution in [3.05, 3.63) is 66.7 Å². The van der Waals surface area contributed by atoms with Crippen molar-refractivity contribution in [2.24, 2.45) is 11.5 Å². The van der Waals surface area contributed by atoms with E-state index in [1.807, 2.05) is 0 Å². The molecule has 3 rings (SSSR count). The van der Waals surface area contributed by atoms with E-state index < -0.39 is 28.0 Å². The molecule has 1 atom stereocenters. The number of aromatic amines is 2. The van der Waals surface area contributed by atoms with E-state index in [4.69, 9.17) is 11.5 Å². The van der Waals surface area contributed by atoms with Crippen molar-refractivity contribution in [2.75, 3.05) is 0 Å². The topological polar surface area (TPSA) is 196 Å². The Bertz CT molecular complexity index is 1160. The summed E-state index contributed by atoms with van der Waals surface area (Å²) < 4.78 is 1.60. The van der Waals surface area contributed by atoms with Gasteiger partial charge in [0.1, 0.15) is 0 Å². The quantitative estimate of drug-likeness (QED) is 0.234. The number of hydrogen-bond donors (Lipinski definition) is 4. The van der Waals surface area contributed by atoms with Gasteiger partial charge in [-0.1, -0.05) is 0 Å². The molecule has 2 aromatic heterocycles. The lowest BCUT2D eigenvalue weighted by atomic mass is 10.1. The van der Waals surface area contributed by atoms with Gasteiger partial charge >= 0.3 is 11.1 Å². The molecule has 0 unspecified atom stereocenters. The minimum Gasteiger partial charge on any atom is -0.368 e. The molecule has 0 radical (unpaired) electrons. The predicted molar refractivity (Wildman–Crippen MR) is 94.0 cm³/mol. The van der Waals surface area contributed by atoms with Crippen LogP contribution in [-0.2, 0) is 17.8 Å². The Hall–Kier alpha value is -3.80. The number of nitro groups is 1. The second-order valence-electron chi connectivity index (χ2n) is 5.94. The Kier molecular flexibility index (Phi) is 4.56. The van der Waals surface area contributed by atoms with Gasteiger partial charge in [-0.05, 0) is 0 Å². The number of H-pyrrole nitrogens is 2. The highest BCUT2D eigenvalue weighted by Gasteiger charge is 2.16. The second-order valence-corrected chi connectivity index (χ2v) is 5.94. The minimum atomic E-state index is -0.903. The van der Waals surface area contributed by atoms with Gasteiger partial charge in [0.05, 0.1) is 40.6 Å². The highest BCUT2D eigenvalue weighted by atomic mass is 16.6. The van der Waals surface area contributed by atoms with Crippen LogP contribution in [0.5, 0.6) is 0 Å². The van der Waals surface area contributed by atoms with Crippen molar-refractivity contribution < 1.29 is 9.72 Å². The molecule has 0 bridgehead atoms.